The second-order valence-electron chi connectivity index (χ2n) is 0.966. The first-order chi connectivity index (χ1) is 4.37. The zero-order valence-corrected chi connectivity index (χ0v) is 5.79. The van der Waals surface area contributed by atoms with Crippen LogP contribution < -0.4 is 0 Å². The van der Waals surface area contributed by atoms with Gasteiger partial charge in [0.15, 0.2) is 0 Å². The average molecular weight is 194 g/mol. The first kappa shape index (κ1) is 9.74. The van der Waals surface area contributed by atoms with Crippen molar-refractivity contribution >= 4 is 18.3 Å². The minimum absolute atomic E-state index is 2.49. The van der Waals surface area contributed by atoms with Gasteiger partial charge in [-0.05, 0) is 0 Å². The van der Waals surface area contributed by atoms with E-state index in [1.807, 2.05) is 0 Å². The minimum Gasteiger partial charge on any atom is -0.234 e. The quantitative estimate of drug-likeness (QED) is 0.317. The van der Waals surface area contributed by atoms with Gasteiger partial charge >= 0.3 is 18.3 Å². The van der Waals surface area contributed by atoms with Gasteiger partial charge < -0.3 is 0 Å². The van der Waals surface area contributed by atoms with Crippen molar-refractivity contribution in [3.8, 4) is 0 Å². The van der Waals surface area contributed by atoms with Crippen molar-refractivity contribution in [2.24, 2.45) is 0 Å². The van der Waals surface area contributed by atoms with E-state index in [0.717, 1.165) is 0 Å². The molecule has 0 fully saturated rings. The summed E-state index contributed by atoms with van der Waals surface area (Å²) in [5.41, 5.74) is 0. The molecule has 10 heteroatoms. The van der Waals surface area contributed by atoms with Crippen molar-refractivity contribution in [3.05, 3.63) is 0 Å². The minimum atomic E-state index is -5.29. The van der Waals surface area contributed by atoms with Crippen LogP contribution in [0, 0.1) is 0 Å². The van der Waals surface area contributed by atoms with E-state index in [4.69, 9.17) is 10.5 Å². The molecule has 2 N–H and O–H groups in total. The lowest BCUT2D eigenvalue weighted by atomic mass is 15.0. The Balaban J connectivity index is 5.05. The van der Waals surface area contributed by atoms with Gasteiger partial charge in [0, 0.05) is 0 Å². The third-order valence-corrected chi connectivity index (χ3v) is 3.16. The smallest absolute Gasteiger partial charge is 0.234 e. The summed E-state index contributed by atoms with van der Waals surface area (Å²) in [6, 6.07) is 0. The monoisotopic (exact) mass is 194 g/mol. The Bertz CT molecular complexity index is 243. The largest absolute Gasteiger partial charge is 0.428 e. The van der Waals surface area contributed by atoms with Crippen molar-refractivity contribution in [2.75, 3.05) is 0 Å². The molecule has 0 atom stereocenters. The van der Waals surface area contributed by atoms with Gasteiger partial charge in [-0.3, -0.25) is 0 Å². The highest BCUT2D eigenvalue weighted by molar-refractivity contribution is 8.63. The SMILES string of the molecule is O=S(=O)(OO)S(=O)(=O)OO. The lowest BCUT2D eigenvalue weighted by molar-refractivity contribution is -0.139. The van der Waals surface area contributed by atoms with E-state index in [1.54, 1.807) is 0 Å². The zero-order valence-electron chi connectivity index (χ0n) is 4.16. The van der Waals surface area contributed by atoms with Crippen LogP contribution in [0.25, 0.3) is 0 Å². The highest BCUT2D eigenvalue weighted by atomic mass is 33.2. The maximum Gasteiger partial charge on any atom is 0.428 e. The van der Waals surface area contributed by atoms with Crippen LogP contribution in [0.3, 0.4) is 0 Å². The molecule has 0 aromatic heterocycles. The molecule has 0 spiro atoms. The van der Waals surface area contributed by atoms with Crippen LogP contribution in [0.2, 0.25) is 0 Å². The van der Waals surface area contributed by atoms with E-state index in [1.165, 1.54) is 0 Å². The van der Waals surface area contributed by atoms with Gasteiger partial charge in [0.25, 0.3) is 0 Å². The van der Waals surface area contributed by atoms with Crippen LogP contribution in [0.15, 0.2) is 0 Å². The second-order valence-corrected chi connectivity index (χ2v) is 5.35. The summed E-state index contributed by atoms with van der Waals surface area (Å²) in [5, 5.41) is 14.8. The lowest BCUT2D eigenvalue weighted by Gasteiger charge is -1.94. The van der Waals surface area contributed by atoms with E-state index in [-0.39, 0.29) is 0 Å². The molecule has 0 aromatic rings. The summed E-state index contributed by atoms with van der Waals surface area (Å²) in [5.74, 6) is 0. The summed E-state index contributed by atoms with van der Waals surface area (Å²) >= 11 is 0. The van der Waals surface area contributed by atoms with E-state index >= 15 is 0 Å². The maximum atomic E-state index is 9.91. The summed E-state index contributed by atoms with van der Waals surface area (Å²) in [6.07, 6.45) is 0. The van der Waals surface area contributed by atoms with Gasteiger partial charge in [-0.25, -0.2) is 10.5 Å². The van der Waals surface area contributed by atoms with Crippen LogP contribution in [-0.2, 0) is 27.0 Å². The Labute approximate surface area is 55.1 Å². The van der Waals surface area contributed by atoms with Crippen molar-refractivity contribution < 1.29 is 36.0 Å². The molecule has 0 amide bonds. The zero-order chi connectivity index (χ0) is 8.41. The molecule has 0 aromatic carbocycles. The van der Waals surface area contributed by atoms with Crippen molar-refractivity contribution in [2.45, 2.75) is 0 Å². The summed E-state index contributed by atoms with van der Waals surface area (Å²) < 4.78 is 44.6. The van der Waals surface area contributed by atoms with Crippen molar-refractivity contribution in [1.82, 2.24) is 0 Å². The fraction of sp³-hybridized carbons (Fsp3) is 0. The van der Waals surface area contributed by atoms with E-state index in [9.17, 15) is 16.8 Å². The third kappa shape index (κ3) is 1.62. The van der Waals surface area contributed by atoms with Crippen LogP contribution >= 0.6 is 0 Å². The molecule has 0 aliphatic carbocycles. The molecule has 0 saturated heterocycles. The summed E-state index contributed by atoms with van der Waals surface area (Å²) in [7, 11) is -10.6. The highest BCUT2D eigenvalue weighted by Crippen LogP contribution is 2.03. The predicted molar refractivity (Wildman–Crippen MR) is 25.3 cm³/mol. The Kier molecular flexibility index (Phi) is 2.70. The van der Waals surface area contributed by atoms with Gasteiger partial charge in [-0.1, -0.05) is 8.67 Å². The van der Waals surface area contributed by atoms with Gasteiger partial charge in [0.2, 0.25) is 0 Å². The normalized spacial score (nSPS) is 13.4. The number of rotatable bonds is 3. The summed E-state index contributed by atoms with van der Waals surface area (Å²) in [4.78, 5) is 0. The van der Waals surface area contributed by atoms with Gasteiger partial charge in [0.05, 0.1) is 0 Å². The van der Waals surface area contributed by atoms with Crippen LogP contribution in [0.1, 0.15) is 0 Å². The molecule has 0 radical (unpaired) electrons. The van der Waals surface area contributed by atoms with Crippen molar-refractivity contribution in [3.63, 3.8) is 0 Å². The second kappa shape index (κ2) is 2.77. The first-order valence-corrected chi connectivity index (χ1v) is 4.87. The fourth-order valence-corrected chi connectivity index (χ4v) is 0.671. The number of hydrogen-bond donors (Lipinski definition) is 2. The van der Waals surface area contributed by atoms with Gasteiger partial charge in [-0.2, -0.15) is 16.8 Å². The molecule has 0 unspecified atom stereocenters. The molecule has 62 valence electrons. The lowest BCUT2D eigenvalue weighted by Crippen LogP contribution is -2.18. The molecule has 8 nitrogen and oxygen atoms in total. The average Bonchev–Trinajstić information content (AvgIpc) is 1.88. The molecule has 0 aliphatic heterocycles. The Morgan fingerprint density at radius 2 is 1.00 bits per heavy atom. The Hall–Kier alpha value is -0.260. The standard InChI is InChI=1S/H2O8S2/c1-7-9(3,4)10(5,6)8-2/h1-2H. The summed E-state index contributed by atoms with van der Waals surface area (Å²) in [6.45, 7) is 0. The predicted octanol–water partition coefficient (Wildman–Crippen LogP) is -1.46. The van der Waals surface area contributed by atoms with Crippen molar-refractivity contribution in [1.29, 1.82) is 0 Å². The van der Waals surface area contributed by atoms with E-state index in [2.05, 4.69) is 8.67 Å². The first-order valence-electron chi connectivity index (χ1n) is 1.53. The molecule has 0 saturated carbocycles. The maximum absolute atomic E-state index is 9.91. The number of hydrogen-bond acceptors (Lipinski definition) is 8. The molecular formula is H2O8S2. The van der Waals surface area contributed by atoms with E-state index < -0.39 is 18.3 Å². The van der Waals surface area contributed by atoms with Crippen LogP contribution in [0.4, 0.5) is 0 Å². The highest BCUT2D eigenvalue weighted by Gasteiger charge is 2.33. The molecule has 0 rings (SSSR count). The van der Waals surface area contributed by atoms with Gasteiger partial charge in [0.1, 0.15) is 0 Å². The molecule has 10 heavy (non-hydrogen) atoms. The molecule has 0 heterocycles. The van der Waals surface area contributed by atoms with Crippen LogP contribution in [-0.4, -0.2) is 27.4 Å². The molecular weight excluding hydrogens is 192 g/mol. The Morgan fingerprint density at radius 3 is 1.10 bits per heavy atom. The van der Waals surface area contributed by atoms with Gasteiger partial charge in [-0.15, -0.1) is 0 Å². The fourth-order valence-electron chi connectivity index (χ4n) is 0.0745. The molecule has 0 bridgehead atoms. The topological polar surface area (TPSA) is 127 Å². The van der Waals surface area contributed by atoms with E-state index in [0.29, 0.717) is 0 Å². The van der Waals surface area contributed by atoms with Crippen LogP contribution in [0.5, 0.6) is 0 Å². The Morgan fingerprint density at radius 1 is 0.800 bits per heavy atom. The third-order valence-electron chi connectivity index (χ3n) is 0.433. The molecule has 0 aliphatic rings.